The van der Waals surface area contributed by atoms with Crippen LogP contribution in [0.4, 0.5) is 5.82 Å². The van der Waals surface area contributed by atoms with Crippen molar-refractivity contribution in [3.8, 4) is 0 Å². The van der Waals surface area contributed by atoms with E-state index in [0.29, 0.717) is 10.5 Å². The smallest absolute Gasteiger partial charge is 0.267 e. The highest BCUT2D eigenvalue weighted by Gasteiger charge is 2.22. The van der Waals surface area contributed by atoms with Gasteiger partial charge in [0.2, 0.25) is 0 Å². The zero-order chi connectivity index (χ0) is 13.8. The second-order valence-electron chi connectivity index (χ2n) is 5.36. The number of anilines is 1. The molecule has 0 radical (unpaired) electrons. The van der Waals surface area contributed by atoms with E-state index in [1.807, 2.05) is 0 Å². The fourth-order valence-corrected chi connectivity index (χ4v) is 2.81. The van der Waals surface area contributed by atoms with Crippen molar-refractivity contribution in [3.63, 3.8) is 0 Å². The van der Waals surface area contributed by atoms with Crippen molar-refractivity contribution in [2.45, 2.75) is 32.7 Å². The summed E-state index contributed by atoms with van der Waals surface area (Å²) in [6.45, 7) is 7.34. The van der Waals surface area contributed by atoms with Gasteiger partial charge in [-0.3, -0.25) is 4.79 Å². The Labute approximate surface area is 121 Å². The molecular formula is C13H21BrN4O. The van der Waals surface area contributed by atoms with Crippen LogP contribution >= 0.6 is 15.9 Å². The normalized spacial score (nSPS) is 17.2. The predicted octanol–water partition coefficient (Wildman–Crippen LogP) is 1.75. The lowest BCUT2D eigenvalue weighted by molar-refractivity contribution is 0.369. The fourth-order valence-electron chi connectivity index (χ4n) is 2.35. The van der Waals surface area contributed by atoms with Gasteiger partial charge in [0.05, 0.1) is 6.33 Å². The number of rotatable bonds is 4. The van der Waals surface area contributed by atoms with Crippen LogP contribution in [0.25, 0.3) is 0 Å². The van der Waals surface area contributed by atoms with E-state index in [1.54, 1.807) is 0 Å². The van der Waals surface area contributed by atoms with Crippen molar-refractivity contribution >= 4 is 21.7 Å². The molecule has 1 aromatic rings. The maximum Gasteiger partial charge on any atom is 0.267 e. The third kappa shape index (κ3) is 3.79. The van der Waals surface area contributed by atoms with Crippen molar-refractivity contribution in [2.75, 3.05) is 24.5 Å². The first-order valence-corrected chi connectivity index (χ1v) is 7.58. The molecule has 2 rings (SSSR count). The van der Waals surface area contributed by atoms with E-state index in [-0.39, 0.29) is 5.56 Å². The first-order valence-electron chi connectivity index (χ1n) is 6.79. The minimum absolute atomic E-state index is 0.117. The van der Waals surface area contributed by atoms with Gasteiger partial charge in [-0.15, -0.1) is 0 Å². The Kier molecular flexibility index (Phi) is 4.99. The van der Waals surface area contributed by atoms with Crippen LogP contribution in [0.3, 0.4) is 0 Å². The van der Waals surface area contributed by atoms with Gasteiger partial charge in [-0.05, 0) is 41.2 Å². The predicted molar refractivity (Wildman–Crippen MR) is 80.6 cm³/mol. The zero-order valence-electron chi connectivity index (χ0n) is 11.4. The average Bonchev–Trinajstić information content (AvgIpc) is 2.40. The Morgan fingerprint density at radius 1 is 1.53 bits per heavy atom. The minimum Gasteiger partial charge on any atom is -0.355 e. The van der Waals surface area contributed by atoms with Crippen LogP contribution in [0.5, 0.6) is 0 Å². The Morgan fingerprint density at radius 2 is 2.21 bits per heavy atom. The highest BCUT2D eigenvalue weighted by molar-refractivity contribution is 9.10. The van der Waals surface area contributed by atoms with Crippen LogP contribution < -0.4 is 15.8 Å². The number of H-pyrrole nitrogens is 1. The SMILES string of the molecule is CC(C)NCC1CCN(c2nc[nH]c(=O)c2Br)CC1. The van der Waals surface area contributed by atoms with E-state index in [0.717, 1.165) is 44.2 Å². The molecule has 1 aromatic heterocycles. The van der Waals surface area contributed by atoms with Gasteiger partial charge in [0.1, 0.15) is 10.3 Å². The maximum atomic E-state index is 11.5. The molecule has 0 unspecified atom stereocenters. The molecule has 0 atom stereocenters. The van der Waals surface area contributed by atoms with Gasteiger partial charge in [-0.1, -0.05) is 13.8 Å². The van der Waals surface area contributed by atoms with Crippen LogP contribution in [-0.2, 0) is 0 Å². The zero-order valence-corrected chi connectivity index (χ0v) is 13.0. The van der Waals surface area contributed by atoms with Crippen LogP contribution in [0.15, 0.2) is 15.6 Å². The summed E-state index contributed by atoms with van der Waals surface area (Å²) >= 11 is 3.32. The summed E-state index contributed by atoms with van der Waals surface area (Å²) in [7, 11) is 0. The van der Waals surface area contributed by atoms with E-state index in [9.17, 15) is 4.79 Å². The van der Waals surface area contributed by atoms with E-state index in [2.05, 4.69) is 50.0 Å². The summed E-state index contributed by atoms with van der Waals surface area (Å²) in [4.78, 5) is 20.6. The molecule has 6 heteroatoms. The van der Waals surface area contributed by atoms with Crippen molar-refractivity contribution in [2.24, 2.45) is 5.92 Å². The van der Waals surface area contributed by atoms with E-state index >= 15 is 0 Å². The van der Waals surface area contributed by atoms with Gasteiger partial charge >= 0.3 is 0 Å². The lowest BCUT2D eigenvalue weighted by Gasteiger charge is -2.33. The monoisotopic (exact) mass is 328 g/mol. The number of halogens is 1. The van der Waals surface area contributed by atoms with Gasteiger partial charge in [0, 0.05) is 19.1 Å². The molecule has 0 aliphatic carbocycles. The van der Waals surface area contributed by atoms with Crippen molar-refractivity contribution in [1.82, 2.24) is 15.3 Å². The van der Waals surface area contributed by atoms with Gasteiger partial charge in [-0.2, -0.15) is 0 Å². The molecule has 0 bridgehead atoms. The molecule has 1 fully saturated rings. The van der Waals surface area contributed by atoms with Gasteiger partial charge in [-0.25, -0.2) is 4.98 Å². The Balaban J connectivity index is 1.93. The molecule has 2 heterocycles. The minimum atomic E-state index is -0.117. The summed E-state index contributed by atoms with van der Waals surface area (Å²) < 4.78 is 0.536. The molecule has 0 amide bonds. The number of hydrogen-bond acceptors (Lipinski definition) is 4. The third-order valence-electron chi connectivity index (χ3n) is 3.51. The summed E-state index contributed by atoms with van der Waals surface area (Å²) in [5.74, 6) is 1.48. The van der Waals surface area contributed by atoms with E-state index < -0.39 is 0 Å². The fraction of sp³-hybridized carbons (Fsp3) is 0.692. The van der Waals surface area contributed by atoms with Gasteiger partial charge < -0.3 is 15.2 Å². The Morgan fingerprint density at radius 3 is 2.84 bits per heavy atom. The molecule has 1 saturated heterocycles. The van der Waals surface area contributed by atoms with Crippen LogP contribution in [-0.4, -0.2) is 35.6 Å². The number of nitrogens with zero attached hydrogens (tertiary/aromatic N) is 2. The number of hydrogen-bond donors (Lipinski definition) is 2. The molecule has 0 spiro atoms. The second-order valence-corrected chi connectivity index (χ2v) is 6.16. The Bertz CT molecular complexity index is 466. The molecule has 5 nitrogen and oxygen atoms in total. The largest absolute Gasteiger partial charge is 0.355 e. The average molecular weight is 329 g/mol. The first kappa shape index (κ1) is 14.5. The number of nitrogens with one attached hydrogen (secondary N) is 2. The molecule has 0 saturated carbocycles. The Hall–Kier alpha value is -0.880. The molecular weight excluding hydrogens is 308 g/mol. The standard InChI is InChI=1S/C13H21BrN4O/c1-9(2)15-7-10-3-5-18(6-4-10)12-11(14)13(19)17-8-16-12/h8-10,15H,3-7H2,1-2H3,(H,16,17,19). The first-order chi connectivity index (χ1) is 9.08. The van der Waals surface area contributed by atoms with E-state index in [1.165, 1.54) is 6.33 Å². The molecule has 1 aliphatic rings. The number of piperidine rings is 1. The van der Waals surface area contributed by atoms with Gasteiger partial charge in [0.25, 0.3) is 5.56 Å². The summed E-state index contributed by atoms with van der Waals surface area (Å²) in [5.41, 5.74) is -0.117. The lowest BCUT2D eigenvalue weighted by atomic mass is 9.96. The molecule has 2 N–H and O–H groups in total. The summed E-state index contributed by atoms with van der Waals surface area (Å²) in [6, 6.07) is 0.543. The highest BCUT2D eigenvalue weighted by atomic mass is 79.9. The molecule has 0 aromatic carbocycles. The topological polar surface area (TPSA) is 61.0 Å². The lowest BCUT2D eigenvalue weighted by Crippen LogP contribution is -2.39. The highest BCUT2D eigenvalue weighted by Crippen LogP contribution is 2.25. The van der Waals surface area contributed by atoms with Crippen LogP contribution in [0.1, 0.15) is 26.7 Å². The van der Waals surface area contributed by atoms with E-state index in [4.69, 9.17) is 0 Å². The maximum absolute atomic E-state index is 11.5. The molecule has 19 heavy (non-hydrogen) atoms. The van der Waals surface area contributed by atoms with Gasteiger partial charge in [0.15, 0.2) is 0 Å². The van der Waals surface area contributed by atoms with Crippen molar-refractivity contribution < 1.29 is 0 Å². The summed E-state index contributed by atoms with van der Waals surface area (Å²) in [6.07, 6.45) is 3.75. The number of aromatic nitrogens is 2. The second kappa shape index (κ2) is 6.52. The molecule has 1 aliphatic heterocycles. The van der Waals surface area contributed by atoms with Crippen LogP contribution in [0.2, 0.25) is 0 Å². The van der Waals surface area contributed by atoms with Crippen LogP contribution in [0, 0.1) is 5.92 Å². The molecule has 106 valence electrons. The number of aromatic amines is 1. The summed E-state index contributed by atoms with van der Waals surface area (Å²) in [5, 5.41) is 3.49. The van der Waals surface area contributed by atoms with Crippen molar-refractivity contribution in [3.05, 3.63) is 21.2 Å². The third-order valence-corrected chi connectivity index (χ3v) is 4.22. The quantitative estimate of drug-likeness (QED) is 0.883. The van der Waals surface area contributed by atoms with Crippen molar-refractivity contribution in [1.29, 1.82) is 0 Å².